The van der Waals surface area contributed by atoms with Crippen LogP contribution in [0, 0.1) is 0 Å². The molecule has 0 unspecified atom stereocenters. The van der Waals surface area contributed by atoms with Crippen molar-refractivity contribution in [2.24, 2.45) is 0 Å². The Bertz CT molecular complexity index is 604. The van der Waals surface area contributed by atoms with Crippen molar-refractivity contribution in [1.82, 2.24) is 4.98 Å². The Morgan fingerprint density at radius 3 is 2.78 bits per heavy atom. The summed E-state index contributed by atoms with van der Waals surface area (Å²) < 4.78 is 0. The fourth-order valence-electron chi connectivity index (χ4n) is 2.02. The number of anilines is 2. The molecule has 5 heteroatoms. The third kappa shape index (κ3) is 1.66. The predicted octanol–water partition coefficient (Wildman–Crippen LogP) is 1.61. The van der Waals surface area contributed by atoms with Gasteiger partial charge in [-0.1, -0.05) is 12.1 Å². The summed E-state index contributed by atoms with van der Waals surface area (Å²) >= 11 is 0. The summed E-state index contributed by atoms with van der Waals surface area (Å²) in [6.07, 6.45) is 1.68. The van der Waals surface area contributed by atoms with E-state index in [9.17, 15) is 9.59 Å². The first-order valence-electron chi connectivity index (χ1n) is 5.60. The number of hydrogen-bond donors (Lipinski definition) is 2. The fourth-order valence-corrected chi connectivity index (χ4v) is 2.02. The van der Waals surface area contributed by atoms with Crippen LogP contribution in [0.2, 0.25) is 0 Å². The number of carbonyl (C=O) groups is 2. The van der Waals surface area contributed by atoms with Gasteiger partial charge in [-0.05, 0) is 24.3 Å². The Hall–Kier alpha value is -2.56. The average molecular weight is 241 g/mol. The van der Waals surface area contributed by atoms with Gasteiger partial charge in [0.15, 0.2) is 0 Å². The molecular weight excluding hydrogens is 230 g/mol. The van der Waals surface area contributed by atoms with Crippen LogP contribution >= 0.6 is 0 Å². The second-order valence-corrected chi connectivity index (χ2v) is 4.04. The molecule has 1 aliphatic heterocycles. The number of amides is 2. The monoisotopic (exact) mass is 241 g/mol. The van der Waals surface area contributed by atoms with E-state index in [0.29, 0.717) is 11.4 Å². The van der Waals surface area contributed by atoms with Crippen LogP contribution in [0.5, 0.6) is 0 Å². The Labute approximate surface area is 103 Å². The van der Waals surface area contributed by atoms with Gasteiger partial charge in [-0.2, -0.15) is 0 Å². The van der Waals surface area contributed by atoms with Gasteiger partial charge in [0.1, 0.15) is 12.2 Å². The van der Waals surface area contributed by atoms with E-state index >= 15 is 0 Å². The molecule has 1 aromatic heterocycles. The average Bonchev–Trinajstić information content (AvgIpc) is 2.90. The highest BCUT2D eigenvalue weighted by atomic mass is 16.2. The highest BCUT2D eigenvalue weighted by Gasteiger charge is 2.27. The minimum atomic E-state index is -0.206. The molecular formula is C13H11N3O2. The highest BCUT2D eigenvalue weighted by Crippen LogP contribution is 2.29. The lowest BCUT2D eigenvalue weighted by molar-refractivity contribution is -0.115. The molecule has 2 amide bonds. The van der Waals surface area contributed by atoms with Crippen LogP contribution < -0.4 is 10.2 Å². The van der Waals surface area contributed by atoms with Crippen LogP contribution in [-0.2, 0) is 4.79 Å². The van der Waals surface area contributed by atoms with Crippen molar-refractivity contribution in [3.05, 3.63) is 48.3 Å². The van der Waals surface area contributed by atoms with Crippen molar-refractivity contribution in [1.29, 1.82) is 0 Å². The lowest BCUT2D eigenvalue weighted by Gasteiger charge is -2.28. The Kier molecular flexibility index (Phi) is 2.37. The van der Waals surface area contributed by atoms with E-state index in [0.717, 1.165) is 5.69 Å². The van der Waals surface area contributed by atoms with Gasteiger partial charge in [-0.25, -0.2) is 0 Å². The van der Waals surface area contributed by atoms with Crippen LogP contribution in [0.4, 0.5) is 11.4 Å². The normalized spacial score (nSPS) is 14.0. The number of para-hydroxylation sites is 2. The summed E-state index contributed by atoms with van der Waals surface area (Å²) in [5.74, 6) is -0.393. The number of aromatic nitrogens is 1. The maximum absolute atomic E-state index is 12.3. The first kappa shape index (κ1) is 10.6. The molecule has 1 aromatic carbocycles. The van der Waals surface area contributed by atoms with Crippen molar-refractivity contribution < 1.29 is 9.59 Å². The number of rotatable bonds is 1. The molecule has 3 rings (SSSR count). The molecule has 0 aliphatic carbocycles. The van der Waals surface area contributed by atoms with Crippen LogP contribution in [0.15, 0.2) is 42.6 Å². The predicted molar refractivity (Wildman–Crippen MR) is 67.5 cm³/mol. The Balaban J connectivity index is 2.03. The van der Waals surface area contributed by atoms with Gasteiger partial charge in [0.2, 0.25) is 5.91 Å². The van der Waals surface area contributed by atoms with Crippen molar-refractivity contribution >= 4 is 23.2 Å². The lowest BCUT2D eigenvalue weighted by Crippen LogP contribution is -2.42. The number of aromatic amines is 1. The standard InChI is InChI=1S/C13H11N3O2/c17-12-8-16(13(18)10-5-3-7-14-10)11-6-2-1-4-9(11)15-12/h1-7,14H,8H2,(H,15,17). The number of carbonyl (C=O) groups excluding carboxylic acids is 2. The van der Waals surface area contributed by atoms with E-state index < -0.39 is 0 Å². The fraction of sp³-hybridized carbons (Fsp3) is 0.0769. The van der Waals surface area contributed by atoms with Crippen molar-refractivity contribution in [3.63, 3.8) is 0 Å². The van der Waals surface area contributed by atoms with Crippen LogP contribution in [0.1, 0.15) is 10.5 Å². The molecule has 0 bridgehead atoms. The van der Waals surface area contributed by atoms with Crippen LogP contribution in [0.25, 0.3) is 0 Å². The molecule has 0 fully saturated rings. The molecule has 18 heavy (non-hydrogen) atoms. The van der Waals surface area contributed by atoms with E-state index in [2.05, 4.69) is 10.3 Å². The largest absolute Gasteiger partial charge is 0.357 e. The Morgan fingerprint density at radius 2 is 2.00 bits per heavy atom. The minimum Gasteiger partial charge on any atom is -0.357 e. The summed E-state index contributed by atoms with van der Waals surface area (Å²) in [5.41, 5.74) is 1.85. The summed E-state index contributed by atoms with van der Waals surface area (Å²) in [6.45, 7) is 0.0366. The third-order valence-electron chi connectivity index (χ3n) is 2.84. The van der Waals surface area contributed by atoms with Gasteiger partial charge in [0, 0.05) is 6.20 Å². The zero-order valence-corrected chi connectivity index (χ0v) is 9.51. The molecule has 0 atom stereocenters. The van der Waals surface area contributed by atoms with Crippen molar-refractivity contribution in [2.75, 3.05) is 16.8 Å². The van der Waals surface area contributed by atoms with E-state index in [4.69, 9.17) is 0 Å². The second kappa shape index (κ2) is 4.03. The van der Waals surface area contributed by atoms with Crippen LogP contribution in [-0.4, -0.2) is 23.3 Å². The van der Waals surface area contributed by atoms with Gasteiger partial charge in [-0.15, -0.1) is 0 Å². The number of H-pyrrole nitrogens is 1. The van der Waals surface area contributed by atoms with Crippen LogP contribution in [0.3, 0.4) is 0 Å². The summed E-state index contributed by atoms with van der Waals surface area (Å²) in [7, 11) is 0. The maximum atomic E-state index is 12.3. The first-order valence-corrected chi connectivity index (χ1v) is 5.60. The molecule has 0 radical (unpaired) electrons. The molecule has 1 aliphatic rings. The van der Waals surface area contributed by atoms with E-state index in [-0.39, 0.29) is 18.4 Å². The van der Waals surface area contributed by atoms with Crippen molar-refractivity contribution in [3.8, 4) is 0 Å². The molecule has 5 nitrogen and oxygen atoms in total. The number of nitrogens with one attached hydrogen (secondary N) is 2. The number of fused-ring (bicyclic) bond motifs is 1. The minimum absolute atomic E-state index is 0.0366. The van der Waals surface area contributed by atoms with E-state index in [1.165, 1.54) is 4.90 Å². The zero-order valence-electron chi connectivity index (χ0n) is 9.51. The first-order chi connectivity index (χ1) is 8.75. The van der Waals surface area contributed by atoms with Gasteiger partial charge in [0.05, 0.1) is 11.4 Å². The van der Waals surface area contributed by atoms with Gasteiger partial charge in [-0.3, -0.25) is 14.5 Å². The SMILES string of the molecule is O=C1CN(C(=O)c2ccc[nH]2)c2ccccc2N1. The summed E-state index contributed by atoms with van der Waals surface area (Å²) in [5, 5.41) is 2.75. The second-order valence-electron chi connectivity index (χ2n) is 4.04. The summed E-state index contributed by atoms with van der Waals surface area (Å²) in [6, 6.07) is 10.7. The maximum Gasteiger partial charge on any atom is 0.275 e. The molecule has 0 spiro atoms. The smallest absolute Gasteiger partial charge is 0.275 e. The quantitative estimate of drug-likeness (QED) is 0.796. The third-order valence-corrected chi connectivity index (χ3v) is 2.84. The molecule has 0 saturated carbocycles. The lowest BCUT2D eigenvalue weighted by atomic mass is 10.2. The number of hydrogen-bond acceptors (Lipinski definition) is 2. The number of benzene rings is 1. The molecule has 90 valence electrons. The number of nitrogens with zero attached hydrogens (tertiary/aromatic N) is 1. The van der Waals surface area contributed by atoms with Gasteiger partial charge < -0.3 is 10.3 Å². The zero-order chi connectivity index (χ0) is 12.5. The topological polar surface area (TPSA) is 65.2 Å². The Morgan fingerprint density at radius 1 is 1.17 bits per heavy atom. The van der Waals surface area contributed by atoms with E-state index in [1.54, 1.807) is 24.4 Å². The molecule has 2 heterocycles. The van der Waals surface area contributed by atoms with Crippen molar-refractivity contribution in [2.45, 2.75) is 0 Å². The molecule has 2 N–H and O–H groups in total. The molecule has 0 saturated heterocycles. The highest BCUT2D eigenvalue weighted by molar-refractivity contribution is 6.14. The van der Waals surface area contributed by atoms with E-state index in [1.807, 2.05) is 18.2 Å². The van der Waals surface area contributed by atoms with Gasteiger partial charge >= 0.3 is 0 Å². The summed E-state index contributed by atoms with van der Waals surface area (Å²) in [4.78, 5) is 28.2. The molecule has 2 aromatic rings. The van der Waals surface area contributed by atoms with Gasteiger partial charge in [0.25, 0.3) is 5.91 Å².